The molecule has 0 N–H and O–H groups in total. The maximum atomic E-state index is 2.79. The van der Waals surface area contributed by atoms with E-state index >= 15 is 0 Å². The molecule has 0 radical (unpaired) electrons. The van der Waals surface area contributed by atoms with Crippen LogP contribution in [0.5, 0.6) is 0 Å². The van der Waals surface area contributed by atoms with Gasteiger partial charge in [-0.2, -0.15) is 0 Å². The topological polar surface area (TPSA) is 0 Å². The number of halogens is 2. The van der Waals surface area contributed by atoms with Crippen LogP contribution in [-0.2, 0) is 0 Å². The van der Waals surface area contributed by atoms with Crippen LogP contribution >= 0.6 is 43.6 Å². The van der Waals surface area contributed by atoms with Crippen molar-refractivity contribution in [1.29, 1.82) is 0 Å². The molecular formula is C12H26I2Si. The van der Waals surface area contributed by atoms with Crippen LogP contribution in [-0.4, -0.2) is 3.07 Å². The molecule has 0 bridgehead atoms. The summed E-state index contributed by atoms with van der Waals surface area (Å²) in [5, 5.41) is 0. The van der Waals surface area contributed by atoms with Gasteiger partial charge in [0.15, 0.2) is 3.07 Å². The van der Waals surface area contributed by atoms with E-state index in [2.05, 4.69) is 57.4 Å². The fraction of sp³-hybridized carbons (Fsp3) is 1.00. The van der Waals surface area contributed by atoms with Crippen LogP contribution in [0.3, 0.4) is 0 Å². The molecular weight excluding hydrogens is 426 g/mol. The molecule has 0 saturated heterocycles. The number of hydrogen-bond donors (Lipinski definition) is 0. The van der Waals surface area contributed by atoms with Crippen LogP contribution < -0.4 is 0 Å². The molecule has 3 heteroatoms. The fourth-order valence-electron chi connectivity index (χ4n) is 1.72. The quantitative estimate of drug-likeness (QED) is 0.155. The first-order chi connectivity index (χ1) is 7.12. The van der Waals surface area contributed by atoms with Crippen molar-refractivity contribution in [2.24, 2.45) is 0 Å². The maximum absolute atomic E-state index is 2.79. The zero-order valence-electron chi connectivity index (χ0n) is 10.3. The summed E-state index contributed by atoms with van der Waals surface area (Å²) in [4.78, 5) is 0. The number of hydrogen-bond acceptors (Lipinski definition) is 0. The van der Waals surface area contributed by atoms with Crippen LogP contribution in [0.25, 0.3) is 0 Å². The minimum atomic E-state index is -0.853. The highest BCUT2D eigenvalue weighted by Gasteiger charge is 2.24. The molecule has 0 aliphatic carbocycles. The molecule has 0 unspecified atom stereocenters. The molecule has 0 aromatic heterocycles. The van der Waals surface area contributed by atoms with Gasteiger partial charge in [0.2, 0.25) is 0 Å². The summed E-state index contributed by atoms with van der Waals surface area (Å²) in [6.45, 7) is 4.60. The summed E-state index contributed by atoms with van der Waals surface area (Å²) in [6.07, 6.45) is 11.5. The van der Waals surface area contributed by atoms with Gasteiger partial charge in [-0.1, -0.05) is 65.2 Å². The van der Waals surface area contributed by atoms with E-state index in [9.17, 15) is 0 Å². The molecule has 0 aliphatic heterocycles. The Morgan fingerprint density at radius 2 is 1.13 bits per heavy atom. The number of rotatable bonds is 10. The van der Waals surface area contributed by atoms with E-state index in [1.54, 1.807) is 6.04 Å². The second-order valence-corrected chi connectivity index (χ2v) is 25.8. The van der Waals surface area contributed by atoms with Crippen molar-refractivity contribution >= 4 is 46.7 Å². The Morgan fingerprint density at radius 3 is 1.73 bits per heavy atom. The summed E-state index contributed by atoms with van der Waals surface area (Å²) in [5.74, 6) is 0. The van der Waals surface area contributed by atoms with Crippen molar-refractivity contribution < 1.29 is 0 Å². The summed E-state index contributed by atoms with van der Waals surface area (Å²) in [5.41, 5.74) is 0. The highest BCUT2D eigenvalue weighted by atomic mass is 127. The molecule has 0 aliphatic rings. The Bertz CT molecular complexity index is 138. The van der Waals surface area contributed by atoms with Crippen LogP contribution in [0, 0.1) is 0 Å². The summed E-state index contributed by atoms with van der Waals surface area (Å²) >= 11 is 5.59. The van der Waals surface area contributed by atoms with E-state index in [0.717, 1.165) is 0 Å². The normalized spacial score (nSPS) is 12.0. The second kappa shape index (κ2) is 10.8. The van der Waals surface area contributed by atoms with Crippen molar-refractivity contribution in [1.82, 2.24) is 0 Å². The van der Waals surface area contributed by atoms with E-state index in [4.69, 9.17) is 0 Å². The van der Waals surface area contributed by atoms with Gasteiger partial charge in [-0.15, -0.1) is 43.6 Å². The van der Waals surface area contributed by atoms with E-state index in [0.29, 0.717) is 0 Å². The van der Waals surface area contributed by atoms with Crippen LogP contribution in [0.1, 0.15) is 65.2 Å². The van der Waals surface area contributed by atoms with Gasteiger partial charge in [-0.3, -0.25) is 0 Å². The first-order valence-corrected chi connectivity index (χ1v) is 15.1. The molecule has 15 heavy (non-hydrogen) atoms. The molecule has 0 aromatic rings. The Labute approximate surface area is 123 Å². The highest BCUT2D eigenvalue weighted by molar-refractivity contribution is 14.3. The summed E-state index contributed by atoms with van der Waals surface area (Å²) in [7, 11) is 0. The molecule has 0 rings (SSSR count). The predicted molar refractivity (Wildman–Crippen MR) is 91.7 cm³/mol. The minimum Gasteiger partial charge on any atom is -0.105 e. The Balaban J connectivity index is 3.32. The lowest BCUT2D eigenvalue weighted by Crippen LogP contribution is -2.15. The third-order valence-electron chi connectivity index (χ3n) is 2.79. The van der Waals surface area contributed by atoms with E-state index in [-0.39, 0.29) is 0 Å². The standard InChI is InChI=1S/C12H26I2Si/c1-3-5-7-8-9-10-12-15(13,14)11-6-4-2/h3-12H2,1-2H3. The molecule has 0 heterocycles. The van der Waals surface area contributed by atoms with Gasteiger partial charge in [0.05, 0.1) is 0 Å². The SMILES string of the molecule is CCCCCCCC[Si](I)(I)CCCC. The van der Waals surface area contributed by atoms with Crippen LogP contribution in [0.2, 0.25) is 12.1 Å². The van der Waals surface area contributed by atoms with Gasteiger partial charge in [-0.05, 0) is 12.1 Å². The third-order valence-corrected chi connectivity index (χ3v) is 11.4. The highest BCUT2D eigenvalue weighted by Crippen LogP contribution is 2.34. The Hall–Kier alpha value is 1.68. The molecule has 0 fully saturated rings. The largest absolute Gasteiger partial charge is 0.192 e. The van der Waals surface area contributed by atoms with Gasteiger partial charge >= 0.3 is 0 Å². The van der Waals surface area contributed by atoms with Crippen molar-refractivity contribution in [2.75, 3.05) is 0 Å². The lowest BCUT2D eigenvalue weighted by molar-refractivity contribution is 0.623. The van der Waals surface area contributed by atoms with Crippen molar-refractivity contribution in [3.05, 3.63) is 0 Å². The zero-order valence-corrected chi connectivity index (χ0v) is 15.6. The molecule has 0 amide bonds. The average Bonchev–Trinajstić information content (AvgIpc) is 2.20. The lowest BCUT2D eigenvalue weighted by Gasteiger charge is -2.17. The van der Waals surface area contributed by atoms with E-state index in [1.165, 1.54) is 57.4 Å². The summed E-state index contributed by atoms with van der Waals surface area (Å²) in [6, 6.07) is 3.07. The molecule has 0 spiro atoms. The van der Waals surface area contributed by atoms with E-state index < -0.39 is 3.07 Å². The van der Waals surface area contributed by atoms with Gasteiger partial charge < -0.3 is 0 Å². The van der Waals surface area contributed by atoms with Crippen molar-refractivity contribution in [3.8, 4) is 0 Å². The monoisotopic (exact) mass is 452 g/mol. The van der Waals surface area contributed by atoms with Crippen LogP contribution in [0.15, 0.2) is 0 Å². The van der Waals surface area contributed by atoms with Crippen molar-refractivity contribution in [3.63, 3.8) is 0 Å². The second-order valence-electron chi connectivity index (χ2n) is 4.48. The first-order valence-electron chi connectivity index (χ1n) is 6.50. The predicted octanol–water partition coefficient (Wildman–Crippen LogP) is 6.46. The van der Waals surface area contributed by atoms with Crippen LogP contribution in [0.4, 0.5) is 0 Å². The van der Waals surface area contributed by atoms with Gasteiger partial charge in [0.1, 0.15) is 0 Å². The lowest BCUT2D eigenvalue weighted by atomic mass is 10.1. The third kappa shape index (κ3) is 11.9. The first kappa shape index (κ1) is 16.7. The molecule has 92 valence electrons. The summed E-state index contributed by atoms with van der Waals surface area (Å²) < 4.78 is -0.853. The molecule has 0 atom stereocenters. The molecule has 0 aromatic carbocycles. The fourth-order valence-corrected chi connectivity index (χ4v) is 8.19. The Morgan fingerprint density at radius 1 is 0.667 bits per heavy atom. The van der Waals surface area contributed by atoms with Gasteiger partial charge in [-0.25, -0.2) is 0 Å². The van der Waals surface area contributed by atoms with Gasteiger partial charge in [0, 0.05) is 0 Å². The smallest absolute Gasteiger partial charge is 0.105 e. The average molecular weight is 452 g/mol. The maximum Gasteiger partial charge on any atom is 0.192 e. The Kier molecular flexibility index (Phi) is 12.0. The minimum absolute atomic E-state index is 0.853. The van der Waals surface area contributed by atoms with E-state index in [1.807, 2.05) is 0 Å². The molecule has 0 nitrogen and oxygen atoms in total. The molecule has 0 saturated carbocycles. The zero-order chi connectivity index (χ0) is 11.6. The number of unbranched alkanes of at least 4 members (excludes halogenated alkanes) is 6. The van der Waals surface area contributed by atoms with Gasteiger partial charge in [0.25, 0.3) is 0 Å². The van der Waals surface area contributed by atoms with Crippen molar-refractivity contribution in [2.45, 2.75) is 77.3 Å².